The second kappa shape index (κ2) is 140. The Hall–Kier alpha value is -1.16. The highest BCUT2D eigenvalue weighted by Crippen LogP contribution is 1.99. The lowest BCUT2D eigenvalue weighted by atomic mass is 10.2. The van der Waals surface area contributed by atoms with Crippen molar-refractivity contribution in [1.82, 2.24) is 94.5 Å². The molecule has 0 aromatic heterocycles. The second-order valence-electron chi connectivity index (χ2n) is 28.0. The highest BCUT2D eigenvalue weighted by atomic mass is 15.1. The van der Waals surface area contributed by atoms with Gasteiger partial charge in [-0.25, -0.2) is 0 Å². The Kier molecular flexibility index (Phi) is 161. The van der Waals surface area contributed by atoms with Gasteiger partial charge in [-0.3, -0.25) is 0 Å². The van der Waals surface area contributed by atoms with Crippen molar-refractivity contribution >= 4 is 0 Å². The van der Waals surface area contributed by atoms with Gasteiger partial charge in [0.25, 0.3) is 0 Å². The first-order valence-corrected chi connectivity index (χ1v) is 45.0. The van der Waals surface area contributed by atoms with Gasteiger partial charge in [-0.15, -0.1) is 0 Å². The highest BCUT2D eigenvalue weighted by molar-refractivity contribution is 4.63. The number of rotatable bonds is 80. The minimum Gasteiger partial charge on any atom is -0.330 e. The van der Waals surface area contributed by atoms with E-state index < -0.39 is 0 Å². The summed E-state index contributed by atoms with van der Waals surface area (Å²) in [6.07, 6.45) is 36.9. The van der Waals surface area contributed by atoms with Crippen molar-refractivity contribution in [1.29, 1.82) is 0 Å². The Morgan fingerprint density at radius 2 is 0.364 bits per heavy atom. The van der Waals surface area contributed by atoms with Gasteiger partial charge in [0.15, 0.2) is 0 Å². The first kappa shape index (κ1) is 127. The molecule has 0 fully saturated rings. The Labute approximate surface area is 685 Å². The van der Waals surface area contributed by atoms with Crippen LogP contribution in [0.3, 0.4) is 0 Å². The molecule has 110 heavy (non-hydrogen) atoms. The van der Waals surface area contributed by atoms with Gasteiger partial charge in [0.1, 0.15) is 0 Å². The number of nitrogens with two attached hydrogens (primary N) is 11. The molecule has 0 aliphatic rings. The fraction of sp³-hybridized carbons (Fsp3) is 1.00. The lowest BCUT2D eigenvalue weighted by Crippen LogP contribution is -2.34. The summed E-state index contributed by atoms with van der Waals surface area (Å²) < 4.78 is 0. The zero-order valence-electron chi connectivity index (χ0n) is 75.4. The third-order valence-corrected chi connectivity index (χ3v) is 16.9. The van der Waals surface area contributed by atoms with Crippen molar-refractivity contribution in [3.63, 3.8) is 0 Å². The van der Waals surface area contributed by atoms with E-state index in [1.54, 1.807) is 0 Å². The van der Waals surface area contributed by atoms with Crippen molar-refractivity contribution in [2.24, 2.45) is 63.1 Å². The van der Waals surface area contributed by atoms with Gasteiger partial charge >= 0.3 is 0 Å². The van der Waals surface area contributed by atoms with Gasteiger partial charge in [0, 0.05) is 52.4 Å². The smallest absolute Gasteiger partial charge is 0.0105 e. The molecule has 0 saturated carbocycles. The molecule has 37 N–H and O–H groups in total. The third kappa shape index (κ3) is 159. The highest BCUT2D eigenvalue weighted by Gasteiger charge is 2.04. The van der Waals surface area contributed by atoms with Crippen LogP contribution < -0.4 is 143 Å². The molecule has 0 radical (unpaired) electrons. The summed E-state index contributed by atoms with van der Waals surface area (Å²) in [5.74, 6) is 0. The molecule has 678 valence electrons. The van der Waals surface area contributed by atoms with E-state index in [1.165, 1.54) is 187 Å². The van der Waals surface area contributed by atoms with Gasteiger partial charge in [-0.05, 0) is 427 Å². The molecule has 0 aromatic rings. The van der Waals surface area contributed by atoms with Crippen molar-refractivity contribution in [3.05, 3.63) is 0 Å². The number of unbranched alkanes of at least 4 members (excludes halogenated alkanes) is 13. The minimum atomic E-state index is 0.740. The molecule has 0 atom stereocenters. The number of hydrogen-bond acceptors (Lipinski definition) is 29. The fourth-order valence-electron chi connectivity index (χ4n) is 10.2. The van der Waals surface area contributed by atoms with Crippen LogP contribution in [0.2, 0.25) is 0 Å². The summed E-state index contributed by atoms with van der Waals surface area (Å²) in [4.78, 5) is 7.10. The Bertz CT molecular complexity index is 1240. The van der Waals surface area contributed by atoms with E-state index in [2.05, 4.69) is 108 Å². The Balaban J connectivity index is -0.000000150. The summed E-state index contributed by atoms with van der Waals surface area (Å²) in [5.41, 5.74) is 59.4. The maximum absolute atomic E-state index is 5.50. The first-order chi connectivity index (χ1) is 54.0. The monoisotopic (exact) mass is 1590 g/mol. The van der Waals surface area contributed by atoms with Crippen molar-refractivity contribution < 1.29 is 0 Å². The molecule has 0 aliphatic carbocycles. The van der Waals surface area contributed by atoms with E-state index in [-0.39, 0.29) is 0 Å². The van der Waals surface area contributed by atoms with Crippen LogP contribution in [0.15, 0.2) is 0 Å². The average molecular weight is 1590 g/mol. The molecule has 0 aliphatic heterocycles. The van der Waals surface area contributed by atoms with Crippen LogP contribution >= 0.6 is 0 Å². The van der Waals surface area contributed by atoms with Gasteiger partial charge in [-0.2, -0.15) is 0 Å². The van der Waals surface area contributed by atoms with Crippen molar-refractivity contribution in [3.8, 4) is 0 Å². The summed E-state index contributed by atoms with van der Waals surface area (Å²) in [5, 5.41) is 48.7. The molecule has 0 spiro atoms. The minimum absolute atomic E-state index is 0.740. The summed E-state index contributed by atoms with van der Waals surface area (Å²) in [6.45, 7) is 43.8. The predicted octanol–water partition coefficient (Wildman–Crippen LogP) is 0.564. The van der Waals surface area contributed by atoms with Gasteiger partial charge < -0.3 is 158 Å². The summed E-state index contributed by atoms with van der Waals surface area (Å²) >= 11 is 0. The lowest BCUT2D eigenvalue weighted by molar-refractivity contribution is 0.266. The largest absolute Gasteiger partial charge is 0.330 e. The SMILES string of the molecule is CCCCN(CCN)CCN.CNCCCCCN.CNCCCCCNCCCCCN.CNCCCCCNCCCCCNCCN.CNCCCCCNCCN.CNCCCN(C)CCCN.CNCCCN(CCCN)CCCN.CNCCCNCCCN.CNCCCNCCCNCCCN. The van der Waals surface area contributed by atoms with Gasteiger partial charge in [0.05, 0.1) is 0 Å². The van der Waals surface area contributed by atoms with E-state index in [0.717, 1.165) is 274 Å². The molecule has 0 saturated heterocycles. The van der Waals surface area contributed by atoms with Crippen molar-refractivity contribution in [2.45, 2.75) is 200 Å². The first-order valence-electron chi connectivity index (χ1n) is 45.0. The lowest BCUT2D eigenvalue weighted by Gasteiger charge is -2.21. The third-order valence-electron chi connectivity index (χ3n) is 16.9. The van der Waals surface area contributed by atoms with Crippen LogP contribution in [0.4, 0.5) is 0 Å². The molecule has 0 unspecified atom stereocenters. The molecular weight excluding hydrogens is 1380 g/mol. The average Bonchev–Trinajstić information content (AvgIpc) is 2.68. The Morgan fingerprint density at radius 1 is 0.164 bits per heavy atom. The van der Waals surface area contributed by atoms with Crippen LogP contribution in [0.1, 0.15) is 200 Å². The number of hydrogen-bond donors (Lipinski definition) is 26. The summed E-state index contributed by atoms with van der Waals surface area (Å²) in [6, 6.07) is 0. The van der Waals surface area contributed by atoms with E-state index >= 15 is 0 Å². The van der Waals surface area contributed by atoms with E-state index in [9.17, 15) is 0 Å². The Morgan fingerprint density at radius 3 is 0.645 bits per heavy atom. The molecule has 29 nitrogen and oxygen atoms in total. The van der Waals surface area contributed by atoms with E-state index in [1.807, 2.05) is 56.4 Å². The zero-order valence-corrected chi connectivity index (χ0v) is 75.4. The fourth-order valence-corrected chi connectivity index (χ4v) is 10.2. The second-order valence-corrected chi connectivity index (χ2v) is 28.0. The quantitative estimate of drug-likeness (QED) is 0.0370. The van der Waals surface area contributed by atoms with Crippen LogP contribution in [0.25, 0.3) is 0 Å². The topological polar surface area (TPSA) is 476 Å². The predicted molar refractivity (Wildman–Crippen MR) is 496 cm³/mol. The molecule has 0 amide bonds. The number of nitrogens with zero attached hydrogens (tertiary/aromatic N) is 3. The normalized spacial score (nSPS) is 10.7. The van der Waals surface area contributed by atoms with E-state index in [4.69, 9.17) is 63.1 Å². The molecule has 0 bridgehead atoms. The maximum Gasteiger partial charge on any atom is 0.0105 e. The van der Waals surface area contributed by atoms with Crippen LogP contribution in [0, 0.1) is 0 Å². The van der Waals surface area contributed by atoms with Crippen LogP contribution in [0.5, 0.6) is 0 Å². The molecule has 0 rings (SSSR count). The summed E-state index contributed by atoms with van der Waals surface area (Å²) in [7, 11) is 18.1. The molecular formula is C81H209N29. The number of nitrogens with one attached hydrogen (secondary N) is 15. The standard InChI is InChI=1S/C13H32N4.C11H27N3.2C10H26N4.3C8H21N3.C7H19N3.C6H16N2/c1-15-9-4-2-5-10-16-11-6-3-7-12-17-13-8-14;1-13-9-5-3-7-11-14-10-6-2-4-8-12;1-13-7-4-10-14(8-2-5-11)9-3-6-12;1-12-6-3-8-14-10-4-9-13-7-2-5-11;1-10-6-4-8-11(2)7-3-5-9;1-10-6-3-2-4-7-11-8-5-9;1-2-3-6-11(7-4-9)8-5-10;1-9-5-3-7-10-6-2-4-8;1-8-6-4-2-3-5-7/h15-17H,2-14H2,1H3;13-14H,2-12H2,1H3;13H,2-12H2,1H3;12-14H,2-11H2,1H3;10H,3-9H2,1-2H3;10-11H,2-9H2,1H3;2-10H2,1H3;9-10H,2-8H2,1H3;8H,2-7H2,1H3. The van der Waals surface area contributed by atoms with Gasteiger partial charge in [-0.1, -0.05) is 51.9 Å². The van der Waals surface area contributed by atoms with Crippen molar-refractivity contribution in [2.75, 3.05) is 332 Å². The van der Waals surface area contributed by atoms with E-state index in [0.29, 0.717) is 0 Å². The van der Waals surface area contributed by atoms with Crippen LogP contribution in [-0.4, -0.2) is 346 Å². The van der Waals surface area contributed by atoms with Crippen LogP contribution in [-0.2, 0) is 0 Å². The molecule has 29 heteroatoms. The molecule has 0 aromatic carbocycles. The molecule has 0 heterocycles. The maximum atomic E-state index is 5.50. The van der Waals surface area contributed by atoms with Gasteiger partial charge in [0.2, 0.25) is 0 Å². The zero-order chi connectivity index (χ0) is 83.5.